The first-order valence-corrected chi connectivity index (χ1v) is 11.2. The summed E-state index contributed by atoms with van der Waals surface area (Å²) in [6, 6.07) is 6.20. The fraction of sp³-hybridized carbons (Fsp3) is 0.261. The summed E-state index contributed by atoms with van der Waals surface area (Å²) in [5, 5.41) is 15.7. The summed E-state index contributed by atoms with van der Waals surface area (Å²) in [6.45, 7) is 2.66. The van der Waals surface area contributed by atoms with E-state index in [0.29, 0.717) is 4.68 Å². The van der Waals surface area contributed by atoms with Gasteiger partial charge in [-0.2, -0.15) is 18.3 Å². The lowest BCUT2D eigenvalue weighted by Crippen LogP contribution is -2.41. The third-order valence-corrected chi connectivity index (χ3v) is 6.76. The Labute approximate surface area is 211 Å². The van der Waals surface area contributed by atoms with Gasteiger partial charge >= 0.3 is 12.1 Å². The molecule has 7 nitrogen and oxygen atoms in total. The van der Waals surface area contributed by atoms with E-state index in [4.69, 9.17) is 28.3 Å². The number of halogens is 6. The fourth-order valence-electron chi connectivity index (χ4n) is 4.49. The molecule has 2 heterocycles. The lowest BCUT2D eigenvalue weighted by atomic mass is 9.87. The minimum absolute atomic E-state index is 0.00325. The number of nitrogens with one attached hydrogen (secondary N) is 1. The second-order valence-corrected chi connectivity index (χ2v) is 9.05. The van der Waals surface area contributed by atoms with Crippen LogP contribution in [0.1, 0.15) is 17.7 Å². The molecule has 2 N–H and O–H groups in total. The van der Waals surface area contributed by atoms with Crippen LogP contribution in [-0.4, -0.2) is 44.8 Å². The molecule has 190 valence electrons. The summed E-state index contributed by atoms with van der Waals surface area (Å²) < 4.78 is 56.5. The van der Waals surface area contributed by atoms with Crippen molar-refractivity contribution in [1.29, 1.82) is 0 Å². The molecule has 1 aliphatic heterocycles. The van der Waals surface area contributed by atoms with Gasteiger partial charge in [-0.3, -0.25) is 9.59 Å². The summed E-state index contributed by atoms with van der Waals surface area (Å²) in [5.41, 5.74) is -2.36. The highest BCUT2D eigenvalue weighted by Gasteiger charge is 2.45. The predicted molar refractivity (Wildman–Crippen MR) is 125 cm³/mol. The van der Waals surface area contributed by atoms with Crippen molar-refractivity contribution >= 4 is 51.7 Å². The summed E-state index contributed by atoms with van der Waals surface area (Å²) in [7, 11) is 0. The number of alkyl halides is 3. The number of rotatable bonds is 6. The van der Waals surface area contributed by atoms with Crippen LogP contribution >= 0.6 is 23.2 Å². The molecule has 4 rings (SSSR count). The predicted octanol–water partition coefficient (Wildman–Crippen LogP) is 5.31. The molecule has 0 aliphatic carbocycles. The van der Waals surface area contributed by atoms with Crippen molar-refractivity contribution in [3.05, 3.63) is 70.1 Å². The summed E-state index contributed by atoms with van der Waals surface area (Å²) in [6.07, 6.45) is -3.54. The maximum absolute atomic E-state index is 15.1. The van der Waals surface area contributed by atoms with Crippen molar-refractivity contribution in [2.24, 2.45) is 0 Å². The molecule has 1 saturated heterocycles. The van der Waals surface area contributed by atoms with Crippen LogP contribution in [-0.2, 0) is 27.8 Å². The first-order valence-electron chi connectivity index (χ1n) is 10.5. The van der Waals surface area contributed by atoms with Crippen LogP contribution in [0, 0.1) is 5.82 Å². The van der Waals surface area contributed by atoms with E-state index >= 15 is 4.39 Å². The number of carbonyl (C=O) groups is 2. The number of hydrogen-bond acceptors (Lipinski definition) is 4. The number of likely N-dealkylation sites (tertiary alicyclic amines) is 1. The van der Waals surface area contributed by atoms with E-state index in [1.54, 1.807) is 0 Å². The molecule has 1 fully saturated rings. The molecule has 1 aliphatic rings. The van der Waals surface area contributed by atoms with Gasteiger partial charge in [0.1, 0.15) is 12.4 Å². The number of anilines is 1. The number of hydrogen-bond donors (Lipinski definition) is 2. The van der Waals surface area contributed by atoms with Crippen molar-refractivity contribution < 1.29 is 32.3 Å². The monoisotopic (exact) mass is 544 g/mol. The zero-order chi connectivity index (χ0) is 26.4. The van der Waals surface area contributed by atoms with E-state index in [9.17, 15) is 22.8 Å². The maximum Gasteiger partial charge on any atom is 0.433 e. The van der Waals surface area contributed by atoms with Crippen LogP contribution < -0.4 is 5.32 Å². The number of fused-ring (bicyclic) bond motifs is 1. The normalized spacial score (nSPS) is 18.0. The SMILES string of the molecule is C=CC(=O)N1CCC(Nc2ccc3c(C(F)(F)F)n(CC(=O)O)nc3c2)(c2c(F)ccc(Cl)c2Cl)C1. The van der Waals surface area contributed by atoms with Crippen molar-refractivity contribution in [2.75, 3.05) is 18.4 Å². The lowest BCUT2D eigenvalue weighted by molar-refractivity contribution is -0.146. The third kappa shape index (κ3) is 4.60. The van der Waals surface area contributed by atoms with Gasteiger partial charge in [-0.25, -0.2) is 9.07 Å². The molecule has 0 bridgehead atoms. The number of carboxylic acid groups (broad SMARTS) is 1. The molecule has 0 radical (unpaired) electrons. The van der Waals surface area contributed by atoms with E-state index in [2.05, 4.69) is 17.0 Å². The third-order valence-electron chi connectivity index (χ3n) is 5.95. The van der Waals surface area contributed by atoms with Gasteiger partial charge in [0.2, 0.25) is 5.91 Å². The number of carboxylic acids is 1. The highest BCUT2D eigenvalue weighted by Crippen LogP contribution is 2.44. The second-order valence-electron chi connectivity index (χ2n) is 8.27. The second kappa shape index (κ2) is 9.29. The fourth-order valence-corrected chi connectivity index (χ4v) is 4.98. The highest BCUT2D eigenvalue weighted by molar-refractivity contribution is 6.42. The molecule has 0 spiro atoms. The Morgan fingerprint density at radius 3 is 2.61 bits per heavy atom. The summed E-state index contributed by atoms with van der Waals surface area (Å²) in [5.74, 6) is -2.57. The molecule has 36 heavy (non-hydrogen) atoms. The van der Waals surface area contributed by atoms with Gasteiger partial charge in [0.25, 0.3) is 0 Å². The van der Waals surface area contributed by atoms with Gasteiger partial charge in [-0.05, 0) is 42.8 Å². The number of nitrogens with zero attached hydrogens (tertiary/aromatic N) is 3. The number of carbonyl (C=O) groups excluding carboxylic acids is 1. The Bertz CT molecular complexity index is 1390. The van der Waals surface area contributed by atoms with Gasteiger partial charge in [-0.1, -0.05) is 29.8 Å². The van der Waals surface area contributed by atoms with E-state index in [1.165, 1.54) is 23.1 Å². The van der Waals surface area contributed by atoms with E-state index in [1.807, 2.05) is 0 Å². The Morgan fingerprint density at radius 1 is 1.25 bits per heavy atom. The Morgan fingerprint density at radius 2 is 1.97 bits per heavy atom. The molecule has 1 unspecified atom stereocenters. The van der Waals surface area contributed by atoms with Gasteiger partial charge in [0.15, 0.2) is 5.69 Å². The molecule has 0 saturated carbocycles. The largest absolute Gasteiger partial charge is 0.480 e. The van der Waals surface area contributed by atoms with Crippen LogP contribution in [0.5, 0.6) is 0 Å². The summed E-state index contributed by atoms with van der Waals surface area (Å²) >= 11 is 12.5. The lowest BCUT2D eigenvalue weighted by Gasteiger charge is -2.33. The Hall–Kier alpha value is -3.31. The van der Waals surface area contributed by atoms with E-state index in [0.717, 1.165) is 18.2 Å². The van der Waals surface area contributed by atoms with Gasteiger partial charge in [0, 0.05) is 29.7 Å². The number of aromatic nitrogens is 2. The topological polar surface area (TPSA) is 87.5 Å². The number of amides is 1. The van der Waals surface area contributed by atoms with Crippen LogP contribution in [0.3, 0.4) is 0 Å². The number of benzene rings is 2. The minimum atomic E-state index is -4.85. The molecule has 1 amide bonds. The molecular weight excluding hydrogens is 527 g/mol. The van der Waals surface area contributed by atoms with Crippen molar-refractivity contribution in [1.82, 2.24) is 14.7 Å². The van der Waals surface area contributed by atoms with Crippen LogP contribution in [0.4, 0.5) is 23.2 Å². The Balaban J connectivity index is 1.83. The standard InChI is InChI=1S/C23H18Cl2F4N4O3/c1-2-17(34)32-8-7-22(11-32,19-15(26)6-5-14(24)20(19)25)30-12-3-4-13-16(9-12)31-33(10-18(35)36)21(13)23(27,28)29/h2-6,9,30H,1,7-8,10-11H2,(H,35,36). The van der Waals surface area contributed by atoms with Crippen LogP contribution in [0.2, 0.25) is 10.0 Å². The summed E-state index contributed by atoms with van der Waals surface area (Å²) in [4.78, 5) is 24.8. The van der Waals surface area contributed by atoms with E-state index < -0.39 is 41.6 Å². The molecule has 2 aromatic carbocycles. The maximum atomic E-state index is 15.1. The smallest absolute Gasteiger partial charge is 0.433 e. The van der Waals surface area contributed by atoms with E-state index in [-0.39, 0.29) is 51.7 Å². The number of aliphatic carboxylic acids is 1. The Kier molecular flexibility index (Phi) is 6.65. The molecular formula is C23H18Cl2F4N4O3. The first-order chi connectivity index (χ1) is 16.9. The van der Waals surface area contributed by atoms with Gasteiger partial charge < -0.3 is 15.3 Å². The molecule has 13 heteroatoms. The van der Waals surface area contributed by atoms with Crippen LogP contribution in [0.15, 0.2) is 43.0 Å². The van der Waals surface area contributed by atoms with Crippen molar-refractivity contribution in [3.8, 4) is 0 Å². The highest BCUT2D eigenvalue weighted by atomic mass is 35.5. The average Bonchev–Trinajstić information content (AvgIpc) is 3.37. The van der Waals surface area contributed by atoms with Crippen molar-refractivity contribution in [3.63, 3.8) is 0 Å². The van der Waals surface area contributed by atoms with Gasteiger partial charge in [0.05, 0.1) is 21.1 Å². The minimum Gasteiger partial charge on any atom is -0.480 e. The average molecular weight is 545 g/mol. The van der Waals surface area contributed by atoms with Crippen molar-refractivity contribution in [2.45, 2.75) is 24.7 Å². The van der Waals surface area contributed by atoms with Crippen LogP contribution in [0.25, 0.3) is 10.9 Å². The quantitative estimate of drug-likeness (QED) is 0.249. The molecule has 1 aromatic heterocycles. The zero-order valence-corrected chi connectivity index (χ0v) is 19.9. The van der Waals surface area contributed by atoms with Gasteiger partial charge in [-0.15, -0.1) is 0 Å². The zero-order valence-electron chi connectivity index (χ0n) is 18.4. The first kappa shape index (κ1) is 25.8. The molecule has 3 aromatic rings. The molecule has 1 atom stereocenters.